The molecule has 5 aliphatic carbocycles. The van der Waals surface area contributed by atoms with Crippen molar-refractivity contribution < 1.29 is 116 Å². The van der Waals surface area contributed by atoms with Crippen LogP contribution in [0.1, 0.15) is 190 Å². The normalized spacial score (nSPS) is 30.3. The van der Waals surface area contributed by atoms with Crippen LogP contribution in [0.3, 0.4) is 0 Å². The van der Waals surface area contributed by atoms with Crippen LogP contribution in [0, 0.1) is 46.8 Å². The topological polar surface area (TPSA) is 628 Å². The molecule has 0 radical (unpaired) electrons. The van der Waals surface area contributed by atoms with Crippen LogP contribution in [0.5, 0.6) is 5.75 Å². The molecule has 5 saturated carbocycles. The number of hydrogen-bond donors (Lipinski definition) is 15. The van der Waals surface area contributed by atoms with E-state index in [2.05, 4.69) is 55.5 Å². The number of amides is 13. The Morgan fingerprint density at radius 2 is 0.881 bits per heavy atom. The van der Waals surface area contributed by atoms with Crippen LogP contribution in [0.25, 0.3) is 0 Å². The molecule has 0 bridgehead atoms. The molecular formula is C93H137N17O24. The first-order chi connectivity index (χ1) is 62.6. The van der Waals surface area contributed by atoms with Gasteiger partial charge in [0.1, 0.15) is 46.6 Å². The number of nitrogens with zero attached hydrogens (tertiary/aromatic N) is 6. The number of aliphatic hydroxyl groups is 4. The van der Waals surface area contributed by atoms with E-state index in [1.54, 1.807) is 63.7 Å². The summed E-state index contributed by atoms with van der Waals surface area (Å²) in [5, 5.41) is 54.4. The third-order valence-corrected chi connectivity index (χ3v) is 29.1. The molecule has 8 saturated heterocycles. The van der Waals surface area contributed by atoms with Crippen LogP contribution in [0.4, 0.5) is 4.79 Å². The highest BCUT2D eigenvalue weighted by Gasteiger charge is 2.66. The number of nitrogens with one attached hydrogen (secondary N) is 6. The Balaban J connectivity index is 0.000000170. The Kier molecular flexibility index (Phi) is 32.8. The minimum absolute atomic E-state index is 0.0539. The van der Waals surface area contributed by atoms with E-state index in [1.807, 2.05) is 54.4 Å². The highest BCUT2D eigenvalue weighted by Crippen LogP contribution is 2.51. The molecule has 41 heteroatoms. The van der Waals surface area contributed by atoms with Crippen LogP contribution < -0.4 is 65.3 Å². The maximum absolute atomic E-state index is 13.4. The third kappa shape index (κ3) is 22.1. The van der Waals surface area contributed by atoms with Gasteiger partial charge in [-0.05, 0) is 155 Å². The summed E-state index contributed by atoms with van der Waals surface area (Å²) in [6, 6.07) is 12.5. The molecule has 134 heavy (non-hydrogen) atoms. The Labute approximate surface area is 779 Å². The summed E-state index contributed by atoms with van der Waals surface area (Å²) in [6.45, 7) is 23.5. The number of benzene rings is 2. The zero-order valence-electron chi connectivity index (χ0n) is 79.0. The number of β-lactam (4-membered cyclic amide) rings is 2. The first-order valence-corrected chi connectivity index (χ1v) is 46.2. The molecule has 0 aromatic heterocycles. The van der Waals surface area contributed by atoms with Crippen LogP contribution in [-0.4, -0.2) is 316 Å². The highest BCUT2D eigenvalue weighted by atomic mass is 16.6. The van der Waals surface area contributed by atoms with Crippen molar-refractivity contribution in [3.63, 3.8) is 0 Å². The fourth-order valence-electron chi connectivity index (χ4n) is 20.8. The zero-order valence-corrected chi connectivity index (χ0v) is 79.0. The maximum Gasteiger partial charge on any atom is 0.411 e. The number of aliphatic hydroxyl groups excluding tert-OH is 4. The molecule has 8 aliphatic heterocycles. The molecule has 41 nitrogen and oxygen atoms in total. The molecule has 7 spiro atoms. The molecule has 20 N–H and O–H groups in total. The molecule has 8 heterocycles. The van der Waals surface area contributed by atoms with Gasteiger partial charge in [0.15, 0.2) is 28.9 Å². The lowest BCUT2D eigenvalue weighted by Crippen LogP contribution is -2.72. The van der Waals surface area contributed by atoms with Crippen LogP contribution in [-0.2, 0) is 99.3 Å². The monoisotopic (exact) mass is 1880 g/mol. The number of ketones is 5. The van der Waals surface area contributed by atoms with Gasteiger partial charge in [0.05, 0.1) is 95.2 Å². The number of nitrogens with two attached hydrogens (primary N) is 5. The summed E-state index contributed by atoms with van der Waals surface area (Å²) in [7, 11) is 3.41. The number of carbonyl (C=O) groups excluding carboxylic acids is 18. The van der Waals surface area contributed by atoms with Crippen molar-refractivity contribution in [1.82, 2.24) is 61.3 Å². The van der Waals surface area contributed by atoms with E-state index >= 15 is 0 Å². The van der Waals surface area contributed by atoms with Crippen molar-refractivity contribution in [3.8, 4) is 5.75 Å². The lowest BCUT2D eigenvalue weighted by Gasteiger charge is -2.50. The number of likely N-dealkylation sites (N-methyl/N-ethyl adjacent to an activating group) is 1. The van der Waals surface area contributed by atoms with Crippen molar-refractivity contribution in [2.24, 2.45) is 75.5 Å². The Morgan fingerprint density at radius 3 is 1.21 bits per heavy atom. The van der Waals surface area contributed by atoms with E-state index in [0.29, 0.717) is 127 Å². The number of hydrogen-bond acceptors (Lipinski definition) is 28. The standard InChI is InChI=1S/C24H34N4O7.C19H25N3O4.C16H27N3O4.C13H21N3O4.C12H18N2O3.C9H12N2O2/c1-14(29)18(19(25)30)26-20(31)16-10-24(28(12-16)22(33)35-23(2,3)4)13-27(21(24)32)11-15-6-8-17(34-5)9-7-15;1-12(23)16(17(20)25)21-18(26)14-9-19(8-7-15(19)24)22(11-14)10-13-5-3-2-4-6-13;1-9(2)7-19-8-11(6-16(19)5-4-12(16)21)15(23)18-13(10(3)20)14(17)22;1-7(17)10(11(14)19)15-12(20)8-5-13(16(2)6-8)4-3-9(13)18;1-7(2)11(17)14-6-8(10(13)16)5-12(14)4-3-9(12)15;12-6-1-2-9(6)3-8(5-11-9)4-10-7(8)13/h6-9,14,16,18,29H,10-13H2,1-5H3,(H2,25,30)(H,26,31);2-6,12,14,16,23H,7-11H2,1H3,(H2,20,25)(H,21,26);9-11,13,20H,4-8H2,1-3H3,(H2,17,22)(H,18,23);7-8,10,17H,3-6H2,1-2H3,(H2,14,19)(H,15,20);7-8H,3-6H2,1-2H3,(H2,13,16);11H,1-5H2,(H,10,13)/t14-,16?,18+,24?;12-,14?,16+,19?;10-,11?,13+,16?;7-,8?,10+,13?;;/m1111../s1. The average molecular weight is 1880 g/mol. The first-order valence-electron chi connectivity index (χ1n) is 46.2. The minimum Gasteiger partial charge on any atom is -0.497 e. The molecule has 2 aromatic carbocycles. The number of ether oxygens (including phenoxy) is 2. The molecule has 738 valence electrons. The largest absolute Gasteiger partial charge is 0.497 e. The molecular weight excluding hydrogens is 1740 g/mol. The van der Waals surface area contributed by atoms with Gasteiger partial charge in [-0.1, -0.05) is 70.2 Å². The fraction of sp³-hybridized carbons (Fsp3) is 0.677. The average Bonchev–Trinajstić information content (AvgIpc) is 1.51. The number of primary amides is 5. The van der Waals surface area contributed by atoms with Crippen LogP contribution in [0.15, 0.2) is 54.6 Å². The van der Waals surface area contributed by atoms with Gasteiger partial charge in [-0.15, -0.1) is 0 Å². The second kappa shape index (κ2) is 41.8. The number of methoxy groups -OCH3 is 1. The summed E-state index contributed by atoms with van der Waals surface area (Å²) < 4.78 is 10.7. The minimum atomic E-state index is -1.28. The second-order valence-electron chi connectivity index (χ2n) is 40.5. The fourth-order valence-corrected chi connectivity index (χ4v) is 20.8. The molecule has 15 rings (SSSR count). The Morgan fingerprint density at radius 1 is 0.478 bits per heavy atom. The van der Waals surface area contributed by atoms with Crippen LogP contribution in [0.2, 0.25) is 0 Å². The van der Waals surface area contributed by atoms with Crippen molar-refractivity contribution >= 4 is 106 Å². The van der Waals surface area contributed by atoms with Gasteiger partial charge >= 0.3 is 6.09 Å². The quantitative estimate of drug-likeness (QED) is 0.0454. The zero-order chi connectivity index (χ0) is 99.4. The molecule has 13 fully saturated rings. The van der Waals surface area contributed by atoms with Gasteiger partial charge in [-0.25, -0.2) is 4.79 Å². The molecule has 13 aliphatic rings. The van der Waals surface area contributed by atoms with E-state index in [-0.39, 0.29) is 113 Å². The van der Waals surface area contributed by atoms with Gasteiger partial charge in [0, 0.05) is 103 Å². The van der Waals surface area contributed by atoms with Gasteiger partial charge in [0.25, 0.3) is 5.91 Å². The van der Waals surface area contributed by atoms with Crippen molar-refractivity contribution in [1.29, 1.82) is 0 Å². The summed E-state index contributed by atoms with van der Waals surface area (Å²) in [5.41, 5.74) is 23.3. The maximum atomic E-state index is 13.4. The van der Waals surface area contributed by atoms with Gasteiger partial charge in [-0.2, -0.15) is 0 Å². The summed E-state index contributed by atoms with van der Waals surface area (Å²) >= 11 is 0. The smallest absolute Gasteiger partial charge is 0.411 e. The Bertz CT molecular complexity index is 4800. The van der Waals surface area contributed by atoms with E-state index in [0.717, 1.165) is 56.3 Å². The molecule has 13 amide bonds. The van der Waals surface area contributed by atoms with E-state index in [9.17, 15) is 107 Å². The Hall–Kier alpha value is -10.8. The van der Waals surface area contributed by atoms with E-state index < -0.39 is 135 Å². The lowest BCUT2D eigenvalue weighted by molar-refractivity contribution is -0.161. The highest BCUT2D eigenvalue weighted by molar-refractivity contribution is 6.03. The number of Topliss-reactive ketones (excluding diaryl/α,β-unsaturated/α-hetero) is 5. The number of carbonyl (C=O) groups is 18. The second-order valence-corrected chi connectivity index (χ2v) is 40.5. The van der Waals surface area contributed by atoms with Gasteiger partial charge in [0.2, 0.25) is 65.0 Å². The first kappa shape index (κ1) is 105. The predicted molar refractivity (Wildman–Crippen MR) is 480 cm³/mol. The molecule has 2 aromatic rings. The SMILES string of the molecule is CC(C)C(=O)N1CC(C(N)=O)CC12CCC2=O.CC(C)CN1CC(C(=O)N[C@H](C(N)=O)[C@@H](C)O)CC12CCC2=O.COc1ccc(CN2CC3(CC(C(=O)N[C@H](C(N)=O)[C@@H](C)O)CN3C(=O)OC(C)(C)C)C2=O)cc1.C[C@@H](O)[C@H](NC(=O)C1CN(C)C2(CCC2=O)C1)C(N)=O.C[C@@H](O)[C@H](NC(=O)C1CN(Cc2ccccc2)C2(CCC2=O)C1)C(N)=O.O=C1NCC12CNC1(CCC1=O)C2. The summed E-state index contributed by atoms with van der Waals surface area (Å²) in [4.78, 5) is 227. The van der Waals surface area contributed by atoms with Crippen molar-refractivity contribution in [2.45, 2.75) is 279 Å². The number of likely N-dealkylation sites (tertiary alicyclic amines) is 6. The summed E-state index contributed by atoms with van der Waals surface area (Å²) in [5.74, 6) is -5.80. The number of rotatable bonds is 25. The summed E-state index contributed by atoms with van der Waals surface area (Å²) in [6.07, 6.45) is 4.33. The van der Waals surface area contributed by atoms with E-state index in [4.69, 9.17) is 38.1 Å². The third-order valence-electron chi connectivity index (χ3n) is 29.1. The molecule has 20 atom stereocenters. The van der Waals surface area contributed by atoms with Gasteiger partial charge in [-0.3, -0.25) is 101 Å². The predicted octanol–water partition coefficient (Wildman–Crippen LogP) is -2.57. The van der Waals surface area contributed by atoms with Gasteiger partial charge < -0.3 is 100 Å². The van der Waals surface area contributed by atoms with Crippen LogP contribution >= 0.6 is 0 Å². The van der Waals surface area contributed by atoms with E-state index in [1.165, 1.54) is 32.6 Å². The van der Waals surface area contributed by atoms with Crippen molar-refractivity contribution in [2.75, 3.05) is 73.1 Å². The lowest BCUT2D eigenvalue weighted by atomic mass is 9.67. The van der Waals surface area contributed by atoms with Crippen molar-refractivity contribution in [3.05, 3.63) is 65.7 Å². The molecule has 12 unspecified atom stereocenters.